The van der Waals surface area contributed by atoms with E-state index in [2.05, 4.69) is 31.2 Å². The summed E-state index contributed by atoms with van der Waals surface area (Å²) in [6.07, 6.45) is 0. The normalized spacial score (nSPS) is 12.4. The van der Waals surface area contributed by atoms with E-state index < -0.39 is 0 Å². The lowest BCUT2D eigenvalue weighted by atomic mass is 9.92. The molecule has 0 radical (unpaired) electrons. The van der Waals surface area contributed by atoms with Gasteiger partial charge in [-0.1, -0.05) is 20.8 Å². The predicted molar refractivity (Wildman–Crippen MR) is 89.3 cm³/mol. The van der Waals surface area contributed by atoms with Gasteiger partial charge in [0.2, 0.25) is 0 Å². The fourth-order valence-corrected chi connectivity index (χ4v) is 2.06. The van der Waals surface area contributed by atoms with Crippen molar-refractivity contribution in [2.75, 3.05) is 25.0 Å². The molecule has 0 atom stereocenters. The van der Waals surface area contributed by atoms with Crippen molar-refractivity contribution in [3.8, 4) is 0 Å². The topological polar surface area (TPSA) is 70.4 Å². The van der Waals surface area contributed by atoms with Gasteiger partial charge in [-0.3, -0.25) is 5.32 Å². The molecule has 1 heterocycles. The number of amides is 2. The Balaban J connectivity index is 3.12. The molecule has 6 nitrogen and oxygen atoms in total. The van der Waals surface area contributed by atoms with Crippen molar-refractivity contribution in [3.05, 3.63) is 11.8 Å². The first kappa shape index (κ1) is 18.5. The number of carbonyl (C=O) groups excluding carboxylic acids is 1. The van der Waals surface area contributed by atoms with E-state index in [4.69, 9.17) is 5.11 Å². The molecule has 0 fully saturated rings. The van der Waals surface area contributed by atoms with Crippen LogP contribution < -0.4 is 5.32 Å². The molecule has 22 heavy (non-hydrogen) atoms. The maximum atomic E-state index is 12.3. The molecular weight excluding hydrogens is 280 g/mol. The molecule has 0 aromatic carbocycles. The van der Waals surface area contributed by atoms with Crippen molar-refractivity contribution in [3.63, 3.8) is 0 Å². The van der Waals surface area contributed by atoms with Crippen molar-refractivity contribution < 1.29 is 9.90 Å². The molecule has 0 unspecified atom stereocenters. The molecule has 1 rings (SSSR count). The minimum Gasteiger partial charge on any atom is -0.395 e. The van der Waals surface area contributed by atoms with Crippen LogP contribution in [0.5, 0.6) is 0 Å². The number of aromatic nitrogens is 2. The number of aliphatic hydroxyl groups excluding tert-OH is 1. The average molecular weight is 310 g/mol. The fourth-order valence-electron chi connectivity index (χ4n) is 2.06. The van der Waals surface area contributed by atoms with E-state index in [1.807, 2.05) is 38.4 Å². The van der Waals surface area contributed by atoms with Gasteiger partial charge in [0.15, 0.2) is 0 Å². The number of hydrogen-bond acceptors (Lipinski definition) is 3. The highest BCUT2D eigenvalue weighted by atomic mass is 16.3. The minimum atomic E-state index is -0.236. The Labute approximate surface area is 133 Å². The van der Waals surface area contributed by atoms with Crippen molar-refractivity contribution >= 4 is 11.8 Å². The fraction of sp³-hybridized carbons (Fsp3) is 0.750. The molecule has 0 aliphatic heterocycles. The highest BCUT2D eigenvalue weighted by Gasteiger charge is 2.26. The third-order valence-electron chi connectivity index (χ3n) is 3.39. The number of anilines is 1. The first-order valence-corrected chi connectivity index (χ1v) is 7.78. The van der Waals surface area contributed by atoms with Gasteiger partial charge in [0, 0.05) is 24.6 Å². The molecule has 0 aliphatic carbocycles. The van der Waals surface area contributed by atoms with Crippen LogP contribution in [0.2, 0.25) is 0 Å². The van der Waals surface area contributed by atoms with Gasteiger partial charge < -0.3 is 10.0 Å². The van der Waals surface area contributed by atoms with Gasteiger partial charge in [-0.05, 0) is 27.7 Å². The predicted octanol–water partition coefficient (Wildman–Crippen LogP) is 2.78. The van der Waals surface area contributed by atoms with E-state index in [9.17, 15) is 4.79 Å². The lowest BCUT2D eigenvalue weighted by molar-refractivity contribution is 0.191. The number of hydrogen-bond donors (Lipinski definition) is 2. The molecule has 126 valence electrons. The Morgan fingerprint density at radius 3 is 2.32 bits per heavy atom. The number of urea groups is 1. The Morgan fingerprint density at radius 2 is 1.91 bits per heavy atom. The Bertz CT molecular complexity index is 509. The Hall–Kier alpha value is -1.56. The number of likely N-dealkylation sites (N-methyl/N-ethyl adjacent to an activating group) is 1. The van der Waals surface area contributed by atoms with E-state index >= 15 is 0 Å². The molecule has 0 bridgehead atoms. The lowest BCUT2D eigenvalue weighted by Gasteiger charge is -2.25. The van der Waals surface area contributed by atoms with Crippen molar-refractivity contribution in [1.29, 1.82) is 0 Å². The van der Waals surface area contributed by atoms with Gasteiger partial charge in [-0.25, -0.2) is 9.48 Å². The smallest absolute Gasteiger partial charge is 0.323 e. The maximum Gasteiger partial charge on any atom is 0.323 e. The zero-order valence-electron chi connectivity index (χ0n) is 14.9. The van der Waals surface area contributed by atoms with Crippen LogP contribution in [0.3, 0.4) is 0 Å². The van der Waals surface area contributed by atoms with E-state index in [0.29, 0.717) is 18.9 Å². The summed E-state index contributed by atoms with van der Waals surface area (Å²) in [6.45, 7) is 15.1. The first-order chi connectivity index (χ1) is 10.0. The Morgan fingerprint density at radius 1 is 1.32 bits per heavy atom. The average Bonchev–Trinajstić information content (AvgIpc) is 2.79. The summed E-state index contributed by atoms with van der Waals surface area (Å²) >= 11 is 0. The molecular formula is C16H30N4O2. The van der Waals surface area contributed by atoms with Crippen molar-refractivity contribution in [1.82, 2.24) is 14.7 Å². The van der Waals surface area contributed by atoms with Gasteiger partial charge in [0.05, 0.1) is 17.8 Å². The summed E-state index contributed by atoms with van der Waals surface area (Å²) in [5.74, 6) is 0.679. The summed E-state index contributed by atoms with van der Waals surface area (Å²) in [6, 6.07) is 1.71. The maximum absolute atomic E-state index is 12.3. The largest absolute Gasteiger partial charge is 0.395 e. The molecule has 0 saturated carbocycles. The van der Waals surface area contributed by atoms with Crippen LogP contribution >= 0.6 is 0 Å². The summed E-state index contributed by atoms with van der Waals surface area (Å²) in [5, 5.41) is 16.6. The SMILES string of the molecule is CCN(CCO)C(=O)Nc1cc(C(C)(C)C)nn1C(C)(C)C. The van der Waals surface area contributed by atoms with Crippen molar-refractivity contribution in [2.24, 2.45) is 0 Å². The summed E-state index contributed by atoms with van der Waals surface area (Å²) in [7, 11) is 0. The third-order valence-corrected chi connectivity index (χ3v) is 3.39. The standard InChI is InChI=1S/C16H30N4O2/c1-8-19(9-10-21)14(22)17-13-11-12(15(2,3)4)18-20(13)16(5,6)7/h11,21H,8-10H2,1-7H3,(H,17,22). The molecule has 1 aromatic rings. The number of nitrogens with zero attached hydrogens (tertiary/aromatic N) is 3. The minimum absolute atomic E-state index is 0.0486. The van der Waals surface area contributed by atoms with E-state index in [1.54, 1.807) is 4.90 Å². The van der Waals surface area contributed by atoms with Gasteiger partial charge >= 0.3 is 6.03 Å². The Kier molecular flexibility index (Phi) is 5.62. The van der Waals surface area contributed by atoms with Crippen LogP contribution in [0.1, 0.15) is 54.2 Å². The van der Waals surface area contributed by atoms with Gasteiger partial charge in [-0.15, -0.1) is 0 Å². The molecule has 0 spiro atoms. The number of aliphatic hydroxyl groups is 1. The van der Waals surface area contributed by atoms with E-state index in [-0.39, 0.29) is 23.6 Å². The second-order valence-corrected chi connectivity index (χ2v) is 7.48. The van der Waals surface area contributed by atoms with Crippen LogP contribution in [0.15, 0.2) is 6.07 Å². The van der Waals surface area contributed by atoms with Crippen LogP contribution in [-0.4, -0.2) is 45.5 Å². The van der Waals surface area contributed by atoms with Crippen LogP contribution in [-0.2, 0) is 11.0 Å². The van der Waals surface area contributed by atoms with Crippen molar-refractivity contribution in [2.45, 2.75) is 59.4 Å². The number of nitrogens with one attached hydrogen (secondary N) is 1. The molecule has 2 N–H and O–H groups in total. The summed E-state index contributed by atoms with van der Waals surface area (Å²) in [4.78, 5) is 13.9. The number of rotatable bonds is 4. The summed E-state index contributed by atoms with van der Waals surface area (Å²) in [5.41, 5.74) is 0.606. The molecule has 1 aromatic heterocycles. The molecule has 6 heteroatoms. The second kappa shape index (κ2) is 6.69. The van der Waals surface area contributed by atoms with Crippen LogP contribution in [0.4, 0.5) is 10.6 Å². The molecule has 0 saturated heterocycles. The molecule has 2 amide bonds. The van der Waals surface area contributed by atoms with Gasteiger partial charge in [0.1, 0.15) is 5.82 Å². The monoisotopic (exact) mass is 310 g/mol. The van der Waals surface area contributed by atoms with Crippen LogP contribution in [0.25, 0.3) is 0 Å². The van der Waals surface area contributed by atoms with Gasteiger partial charge in [-0.2, -0.15) is 5.10 Å². The zero-order chi connectivity index (χ0) is 17.1. The summed E-state index contributed by atoms with van der Waals surface area (Å²) < 4.78 is 1.85. The van der Waals surface area contributed by atoms with E-state index in [0.717, 1.165) is 5.69 Å². The van der Waals surface area contributed by atoms with Gasteiger partial charge in [0.25, 0.3) is 0 Å². The third kappa shape index (κ3) is 4.47. The lowest BCUT2D eigenvalue weighted by Crippen LogP contribution is -2.38. The highest BCUT2D eigenvalue weighted by Crippen LogP contribution is 2.28. The first-order valence-electron chi connectivity index (χ1n) is 7.78. The highest BCUT2D eigenvalue weighted by molar-refractivity contribution is 5.88. The second-order valence-electron chi connectivity index (χ2n) is 7.48. The van der Waals surface area contributed by atoms with E-state index in [1.165, 1.54) is 0 Å². The van der Waals surface area contributed by atoms with Crippen LogP contribution in [0, 0.1) is 0 Å². The zero-order valence-corrected chi connectivity index (χ0v) is 14.9. The molecule has 0 aliphatic rings. The number of carbonyl (C=O) groups is 1. The quantitative estimate of drug-likeness (QED) is 0.898.